The quantitative estimate of drug-likeness (QED) is 0.488. The first kappa shape index (κ1) is 23.9. The van der Waals surface area contributed by atoms with Crippen molar-refractivity contribution in [2.45, 2.75) is 45.1 Å². The Morgan fingerprint density at radius 2 is 2.09 bits per heavy atom. The van der Waals surface area contributed by atoms with Gasteiger partial charge in [-0.05, 0) is 37.0 Å². The van der Waals surface area contributed by atoms with Gasteiger partial charge in [-0.3, -0.25) is 0 Å². The maximum atomic E-state index is 14.5. The summed E-state index contributed by atoms with van der Waals surface area (Å²) in [7, 11) is 3.56. The van der Waals surface area contributed by atoms with E-state index >= 15 is 0 Å². The summed E-state index contributed by atoms with van der Waals surface area (Å²) in [5.41, 5.74) is 1.12. The van der Waals surface area contributed by atoms with E-state index in [9.17, 15) is 9.18 Å². The molecule has 0 radical (unpaired) electrons. The van der Waals surface area contributed by atoms with Gasteiger partial charge in [0, 0.05) is 46.7 Å². The van der Waals surface area contributed by atoms with Crippen LogP contribution in [0.2, 0.25) is 0 Å². The zero-order valence-corrected chi connectivity index (χ0v) is 19.4. The van der Waals surface area contributed by atoms with Crippen LogP contribution in [0, 0.1) is 5.82 Å². The number of benzene rings is 1. The highest BCUT2D eigenvalue weighted by atomic mass is 19.1. The van der Waals surface area contributed by atoms with Crippen molar-refractivity contribution < 1.29 is 18.7 Å². The maximum absolute atomic E-state index is 14.5. The summed E-state index contributed by atoms with van der Waals surface area (Å²) in [5.74, 6) is 1.53. The van der Waals surface area contributed by atoms with Crippen LogP contribution < -0.4 is 14.5 Å². The van der Waals surface area contributed by atoms with Crippen molar-refractivity contribution in [3.05, 3.63) is 41.8 Å². The molecule has 174 valence electrons. The minimum absolute atomic E-state index is 0.0484. The number of carbonyl (C=O) groups excluding carboxylic acids is 1. The molecule has 0 saturated carbocycles. The van der Waals surface area contributed by atoms with Gasteiger partial charge in [0.2, 0.25) is 5.95 Å². The second kappa shape index (κ2) is 11.2. The number of methoxy groups -OCH3 is 1. The molecule has 0 bridgehead atoms. The molecule has 2 atom stereocenters. The standard InChI is InChI=1S/C24H33FN4O3/c1-17(14-18(2)30)19-6-8-20(9-7-19)32-21-10-12-29(16-21)23-22(25)15-26-24(27-23)28(3)11-5-13-31-4/h6-9,15,17,21H,5,10-14,16H2,1-4H3/t17-,21-/m1/s1. The number of halogens is 1. The third kappa shape index (κ3) is 6.38. The van der Waals surface area contributed by atoms with Gasteiger partial charge >= 0.3 is 0 Å². The summed E-state index contributed by atoms with van der Waals surface area (Å²) in [6.07, 6.45) is 3.35. The highest BCUT2D eigenvalue weighted by molar-refractivity contribution is 5.76. The van der Waals surface area contributed by atoms with Crippen LogP contribution in [0.25, 0.3) is 0 Å². The molecule has 0 aliphatic carbocycles. The smallest absolute Gasteiger partial charge is 0.227 e. The molecule has 0 unspecified atom stereocenters. The molecule has 0 N–H and O–H groups in total. The lowest BCUT2D eigenvalue weighted by Gasteiger charge is -2.22. The number of rotatable bonds is 11. The Morgan fingerprint density at radius 3 is 2.78 bits per heavy atom. The van der Waals surface area contributed by atoms with Gasteiger partial charge in [0.1, 0.15) is 17.6 Å². The molecule has 0 spiro atoms. The molecular weight excluding hydrogens is 411 g/mol. The minimum atomic E-state index is -0.427. The van der Waals surface area contributed by atoms with Crippen LogP contribution in [-0.2, 0) is 9.53 Å². The van der Waals surface area contributed by atoms with E-state index in [1.165, 1.54) is 6.20 Å². The van der Waals surface area contributed by atoms with E-state index in [0.29, 0.717) is 37.9 Å². The number of hydrogen-bond acceptors (Lipinski definition) is 7. The van der Waals surface area contributed by atoms with Crippen molar-refractivity contribution in [3.8, 4) is 5.75 Å². The number of carbonyl (C=O) groups is 1. The van der Waals surface area contributed by atoms with Gasteiger partial charge in [-0.15, -0.1) is 0 Å². The number of anilines is 2. The van der Waals surface area contributed by atoms with E-state index in [1.54, 1.807) is 14.0 Å². The number of nitrogens with zero attached hydrogens (tertiary/aromatic N) is 4. The number of hydrogen-bond donors (Lipinski definition) is 0. The monoisotopic (exact) mass is 444 g/mol. The van der Waals surface area contributed by atoms with Gasteiger partial charge in [0.15, 0.2) is 11.6 Å². The number of ether oxygens (including phenoxy) is 2. The van der Waals surface area contributed by atoms with Gasteiger partial charge in [0.25, 0.3) is 0 Å². The second-order valence-electron chi connectivity index (χ2n) is 8.46. The van der Waals surface area contributed by atoms with E-state index in [4.69, 9.17) is 9.47 Å². The van der Waals surface area contributed by atoms with Gasteiger partial charge in [-0.2, -0.15) is 4.98 Å². The van der Waals surface area contributed by atoms with Crippen LogP contribution in [0.1, 0.15) is 44.6 Å². The number of ketones is 1. The minimum Gasteiger partial charge on any atom is -0.489 e. The van der Waals surface area contributed by atoms with E-state index in [0.717, 1.165) is 30.7 Å². The zero-order chi connectivity index (χ0) is 23.1. The van der Waals surface area contributed by atoms with Crippen molar-refractivity contribution in [1.29, 1.82) is 0 Å². The first-order chi connectivity index (χ1) is 15.4. The molecule has 1 aliphatic heterocycles. The van der Waals surface area contributed by atoms with Crippen LogP contribution in [0.3, 0.4) is 0 Å². The third-order valence-corrected chi connectivity index (χ3v) is 5.69. The predicted molar refractivity (Wildman–Crippen MR) is 123 cm³/mol. The number of Topliss-reactive ketones (excluding diaryl/α,β-unsaturated/α-hetero) is 1. The Labute approximate surface area is 189 Å². The Morgan fingerprint density at radius 1 is 1.34 bits per heavy atom. The van der Waals surface area contributed by atoms with Gasteiger partial charge in [-0.25, -0.2) is 9.37 Å². The largest absolute Gasteiger partial charge is 0.489 e. The Balaban J connectivity index is 1.59. The fourth-order valence-corrected chi connectivity index (χ4v) is 3.93. The molecule has 32 heavy (non-hydrogen) atoms. The van der Waals surface area contributed by atoms with E-state index < -0.39 is 5.82 Å². The lowest BCUT2D eigenvalue weighted by atomic mass is 9.96. The van der Waals surface area contributed by atoms with Crippen LogP contribution in [0.4, 0.5) is 16.2 Å². The van der Waals surface area contributed by atoms with Crippen LogP contribution in [0.5, 0.6) is 5.75 Å². The Bertz CT molecular complexity index is 893. The first-order valence-corrected chi connectivity index (χ1v) is 11.1. The van der Waals surface area contributed by atoms with Gasteiger partial charge < -0.3 is 24.1 Å². The second-order valence-corrected chi connectivity index (χ2v) is 8.46. The van der Waals surface area contributed by atoms with E-state index in [1.807, 2.05) is 48.0 Å². The van der Waals surface area contributed by atoms with Crippen molar-refractivity contribution >= 4 is 17.5 Å². The molecule has 7 nitrogen and oxygen atoms in total. The summed E-state index contributed by atoms with van der Waals surface area (Å²) >= 11 is 0. The van der Waals surface area contributed by atoms with Crippen LogP contribution in [-0.4, -0.2) is 62.3 Å². The molecular formula is C24H33FN4O3. The fourth-order valence-electron chi connectivity index (χ4n) is 3.93. The maximum Gasteiger partial charge on any atom is 0.227 e. The normalized spacial score (nSPS) is 16.8. The van der Waals surface area contributed by atoms with Crippen molar-refractivity contribution in [3.63, 3.8) is 0 Å². The van der Waals surface area contributed by atoms with Crippen LogP contribution in [0.15, 0.2) is 30.5 Å². The summed E-state index contributed by atoms with van der Waals surface area (Å²) < 4.78 is 25.7. The molecule has 0 amide bonds. The summed E-state index contributed by atoms with van der Waals surface area (Å²) in [5, 5.41) is 0. The Hall–Kier alpha value is -2.74. The lowest BCUT2D eigenvalue weighted by molar-refractivity contribution is -0.117. The highest BCUT2D eigenvalue weighted by Crippen LogP contribution is 2.27. The topological polar surface area (TPSA) is 67.8 Å². The molecule has 2 aromatic rings. The average Bonchev–Trinajstić information content (AvgIpc) is 3.22. The Kier molecular flexibility index (Phi) is 8.39. The van der Waals surface area contributed by atoms with Gasteiger partial charge in [0.05, 0.1) is 12.7 Å². The summed E-state index contributed by atoms with van der Waals surface area (Å²) in [6.45, 7) is 6.27. The average molecular weight is 445 g/mol. The summed E-state index contributed by atoms with van der Waals surface area (Å²) in [6, 6.07) is 7.89. The third-order valence-electron chi connectivity index (χ3n) is 5.69. The molecule has 1 saturated heterocycles. The van der Waals surface area contributed by atoms with Gasteiger partial charge in [-0.1, -0.05) is 19.1 Å². The van der Waals surface area contributed by atoms with Crippen molar-refractivity contribution in [2.75, 3.05) is 50.2 Å². The van der Waals surface area contributed by atoms with Crippen LogP contribution >= 0.6 is 0 Å². The zero-order valence-electron chi connectivity index (χ0n) is 19.4. The SMILES string of the molecule is COCCCN(C)c1ncc(F)c(N2CC[C@@H](Oc3ccc([C@H](C)CC(C)=O)cc3)C2)n1. The lowest BCUT2D eigenvalue weighted by Crippen LogP contribution is -2.28. The molecule has 1 aliphatic rings. The molecule has 8 heteroatoms. The molecule has 3 rings (SSSR count). The molecule has 2 heterocycles. The molecule has 1 aromatic carbocycles. The number of aromatic nitrogens is 2. The highest BCUT2D eigenvalue weighted by Gasteiger charge is 2.28. The summed E-state index contributed by atoms with van der Waals surface area (Å²) in [4.78, 5) is 23.8. The van der Waals surface area contributed by atoms with Crippen molar-refractivity contribution in [2.24, 2.45) is 0 Å². The first-order valence-electron chi connectivity index (χ1n) is 11.1. The fraction of sp³-hybridized carbons (Fsp3) is 0.542. The van der Waals surface area contributed by atoms with E-state index in [-0.39, 0.29) is 17.8 Å². The predicted octanol–water partition coefficient (Wildman–Crippen LogP) is 3.83. The van der Waals surface area contributed by atoms with E-state index in [2.05, 4.69) is 9.97 Å². The van der Waals surface area contributed by atoms with Crippen molar-refractivity contribution in [1.82, 2.24) is 9.97 Å². The molecule has 1 fully saturated rings. The molecule has 1 aromatic heterocycles.